The van der Waals surface area contributed by atoms with E-state index in [1.54, 1.807) is 4.90 Å². The maximum Gasteiger partial charge on any atom is 0.409 e. The molecule has 1 atom stereocenters. The van der Waals surface area contributed by atoms with E-state index in [9.17, 15) is 9.59 Å². The Morgan fingerprint density at radius 1 is 0.868 bits per heavy atom. The first-order valence-corrected chi connectivity index (χ1v) is 15.0. The molecule has 0 N–H and O–H groups in total. The van der Waals surface area contributed by atoms with Gasteiger partial charge in [-0.1, -0.05) is 18.2 Å². The summed E-state index contributed by atoms with van der Waals surface area (Å²) in [7, 11) is 0. The average Bonchev–Trinajstić information content (AvgIpc) is 3.52. The lowest BCUT2D eigenvalue weighted by Gasteiger charge is -2.38. The number of rotatable bonds is 7. The second kappa shape index (κ2) is 13.0. The molecule has 1 aromatic carbocycles. The monoisotopic (exact) mass is 523 g/mol. The van der Waals surface area contributed by atoms with Gasteiger partial charge in [-0.05, 0) is 107 Å². The zero-order chi connectivity index (χ0) is 26.3. The van der Waals surface area contributed by atoms with Gasteiger partial charge >= 0.3 is 6.09 Å². The minimum Gasteiger partial charge on any atom is -0.493 e. The van der Waals surface area contributed by atoms with Gasteiger partial charge in [-0.15, -0.1) is 0 Å². The first kappa shape index (κ1) is 27.0. The quantitative estimate of drug-likeness (QED) is 0.491. The van der Waals surface area contributed by atoms with Crippen LogP contribution in [0.3, 0.4) is 0 Å². The molecule has 3 saturated heterocycles. The van der Waals surface area contributed by atoms with Crippen molar-refractivity contribution < 1.29 is 19.1 Å². The van der Waals surface area contributed by atoms with Gasteiger partial charge in [-0.2, -0.15) is 0 Å². The van der Waals surface area contributed by atoms with E-state index < -0.39 is 0 Å². The van der Waals surface area contributed by atoms with Gasteiger partial charge in [0.05, 0.1) is 13.2 Å². The Bertz CT molecular complexity index is 956. The van der Waals surface area contributed by atoms with Crippen LogP contribution in [0.5, 0.6) is 5.75 Å². The third kappa shape index (κ3) is 6.71. The number of carbonyl (C=O) groups is 2. The molecule has 7 nitrogen and oxygen atoms in total. The molecule has 38 heavy (non-hydrogen) atoms. The molecule has 1 aliphatic carbocycles. The smallest absolute Gasteiger partial charge is 0.409 e. The Morgan fingerprint density at radius 3 is 2.18 bits per heavy atom. The van der Waals surface area contributed by atoms with Gasteiger partial charge < -0.3 is 24.2 Å². The molecule has 4 aliphatic rings. The topological polar surface area (TPSA) is 62.3 Å². The fourth-order valence-corrected chi connectivity index (χ4v) is 6.61. The van der Waals surface area contributed by atoms with Crippen molar-refractivity contribution in [2.24, 2.45) is 11.8 Å². The van der Waals surface area contributed by atoms with E-state index in [-0.39, 0.29) is 12.0 Å². The Kier molecular flexibility index (Phi) is 9.26. The van der Waals surface area contributed by atoms with Crippen LogP contribution in [0.2, 0.25) is 0 Å². The number of allylic oxidation sites excluding steroid dienone is 2. The molecule has 5 rings (SSSR count). The van der Waals surface area contributed by atoms with Gasteiger partial charge in [0.15, 0.2) is 0 Å². The first-order chi connectivity index (χ1) is 18.6. The largest absolute Gasteiger partial charge is 0.493 e. The number of ether oxygens (including phenoxy) is 2. The second-order valence-electron chi connectivity index (χ2n) is 11.5. The van der Waals surface area contributed by atoms with Crippen molar-refractivity contribution in [2.45, 2.75) is 70.8 Å². The van der Waals surface area contributed by atoms with Crippen molar-refractivity contribution in [2.75, 3.05) is 52.5 Å². The Morgan fingerprint density at radius 2 is 1.55 bits per heavy atom. The lowest BCUT2D eigenvalue weighted by Crippen LogP contribution is -2.47. The van der Waals surface area contributed by atoms with Crippen LogP contribution in [0.1, 0.15) is 70.3 Å². The fourth-order valence-electron chi connectivity index (χ4n) is 6.61. The summed E-state index contributed by atoms with van der Waals surface area (Å²) in [5, 5.41) is 0. The normalized spacial score (nSPS) is 23.8. The zero-order valence-electron chi connectivity index (χ0n) is 23.1. The summed E-state index contributed by atoms with van der Waals surface area (Å²) in [5.41, 5.74) is 2.58. The van der Waals surface area contributed by atoms with E-state index in [0.717, 1.165) is 76.9 Å². The molecular weight excluding hydrogens is 478 g/mol. The van der Waals surface area contributed by atoms with Crippen molar-refractivity contribution in [1.82, 2.24) is 14.7 Å². The summed E-state index contributed by atoms with van der Waals surface area (Å²) < 4.78 is 11.2. The van der Waals surface area contributed by atoms with Crippen LogP contribution in [0.15, 0.2) is 30.3 Å². The summed E-state index contributed by atoms with van der Waals surface area (Å²) in [6.45, 7) is 8.77. The van der Waals surface area contributed by atoms with Crippen molar-refractivity contribution in [3.05, 3.63) is 35.9 Å². The van der Waals surface area contributed by atoms with Crippen molar-refractivity contribution in [1.29, 1.82) is 0 Å². The van der Waals surface area contributed by atoms with Crippen molar-refractivity contribution >= 4 is 17.6 Å². The molecule has 3 heterocycles. The molecule has 3 aliphatic heterocycles. The minimum atomic E-state index is -0.201. The van der Waals surface area contributed by atoms with E-state index in [1.807, 2.05) is 6.92 Å². The van der Waals surface area contributed by atoms with E-state index in [2.05, 4.69) is 40.1 Å². The number of hydrogen-bond acceptors (Lipinski definition) is 5. The number of nitrogens with zero attached hydrogens (tertiary/aromatic N) is 3. The summed E-state index contributed by atoms with van der Waals surface area (Å²) in [4.78, 5) is 31.6. The van der Waals surface area contributed by atoms with Gasteiger partial charge in [0.1, 0.15) is 5.75 Å². The molecule has 208 valence electrons. The predicted octanol–water partition coefficient (Wildman–Crippen LogP) is 5.20. The van der Waals surface area contributed by atoms with Crippen LogP contribution in [0.4, 0.5) is 4.79 Å². The number of carbonyl (C=O) groups excluding carboxylic acids is 2. The molecule has 0 radical (unpaired) electrons. The van der Waals surface area contributed by atoms with Gasteiger partial charge in [-0.3, -0.25) is 4.79 Å². The molecule has 1 aromatic rings. The maximum absolute atomic E-state index is 13.2. The molecule has 1 unspecified atom stereocenters. The molecule has 3 fully saturated rings. The molecular formula is C31H45N3O4. The lowest BCUT2D eigenvalue weighted by molar-refractivity contribution is -0.137. The number of hydrogen-bond donors (Lipinski definition) is 0. The van der Waals surface area contributed by atoms with Crippen LogP contribution in [0, 0.1) is 11.8 Å². The summed E-state index contributed by atoms with van der Waals surface area (Å²) in [6.07, 6.45) is 11.7. The predicted molar refractivity (Wildman–Crippen MR) is 149 cm³/mol. The highest BCUT2D eigenvalue weighted by atomic mass is 16.6. The molecule has 0 bridgehead atoms. The number of piperidine rings is 2. The molecule has 7 heteroatoms. The van der Waals surface area contributed by atoms with Crippen LogP contribution in [-0.4, -0.2) is 85.2 Å². The van der Waals surface area contributed by atoms with E-state index in [1.165, 1.54) is 37.1 Å². The third-order valence-electron chi connectivity index (χ3n) is 9.04. The molecule has 0 spiro atoms. The van der Waals surface area contributed by atoms with E-state index in [0.29, 0.717) is 31.1 Å². The van der Waals surface area contributed by atoms with Crippen LogP contribution >= 0.6 is 0 Å². The van der Waals surface area contributed by atoms with Gasteiger partial charge in [0, 0.05) is 38.1 Å². The van der Waals surface area contributed by atoms with Crippen LogP contribution in [-0.2, 0) is 9.53 Å². The number of benzene rings is 1. The Balaban J connectivity index is 1.04. The van der Waals surface area contributed by atoms with Crippen LogP contribution in [0.25, 0.3) is 5.57 Å². The molecule has 0 saturated carbocycles. The van der Waals surface area contributed by atoms with Gasteiger partial charge in [0.2, 0.25) is 5.91 Å². The number of amides is 2. The maximum atomic E-state index is 13.2. The Hall–Kier alpha value is -2.54. The fraction of sp³-hybridized carbons (Fsp3) is 0.677. The summed E-state index contributed by atoms with van der Waals surface area (Å²) in [6, 6.07) is 9.11. The highest BCUT2D eigenvalue weighted by molar-refractivity contribution is 5.81. The Labute approximate surface area is 228 Å². The minimum absolute atomic E-state index is 0.139. The highest BCUT2D eigenvalue weighted by Crippen LogP contribution is 2.33. The third-order valence-corrected chi connectivity index (χ3v) is 9.04. The lowest BCUT2D eigenvalue weighted by atomic mass is 9.85. The second-order valence-corrected chi connectivity index (χ2v) is 11.5. The number of likely N-dealkylation sites (tertiary alicyclic amines) is 3. The van der Waals surface area contributed by atoms with Gasteiger partial charge in [0.25, 0.3) is 0 Å². The van der Waals surface area contributed by atoms with E-state index >= 15 is 0 Å². The highest BCUT2D eigenvalue weighted by Gasteiger charge is 2.32. The summed E-state index contributed by atoms with van der Waals surface area (Å²) >= 11 is 0. The molecule has 0 aromatic heterocycles. The molecule has 2 amide bonds. The SMILES string of the molecule is CCOC(=O)N1CCC(COc2ccc(C3=CCC(C(=O)N4CCC(N5CCCC5)CC4)CC3)cc2)CC1. The average molecular weight is 524 g/mol. The van der Waals surface area contributed by atoms with Crippen LogP contribution < -0.4 is 4.74 Å². The van der Waals surface area contributed by atoms with E-state index in [4.69, 9.17) is 9.47 Å². The van der Waals surface area contributed by atoms with Gasteiger partial charge in [-0.25, -0.2) is 4.79 Å². The van der Waals surface area contributed by atoms with Crippen molar-refractivity contribution in [3.63, 3.8) is 0 Å². The van der Waals surface area contributed by atoms with Crippen molar-refractivity contribution in [3.8, 4) is 5.75 Å². The summed E-state index contributed by atoms with van der Waals surface area (Å²) in [5.74, 6) is 1.86. The standard InChI is InChI=1S/C31H45N3O4/c1-2-37-31(36)34-19-13-24(14-20-34)23-38-29-11-9-26(10-12-29)25-5-7-27(8-6-25)30(35)33-21-15-28(16-22-33)32-17-3-4-18-32/h5,9-12,24,27-28H,2-4,6-8,13-23H2,1H3. The zero-order valence-corrected chi connectivity index (χ0v) is 23.1. The first-order valence-electron chi connectivity index (χ1n) is 15.0.